The predicted octanol–water partition coefficient (Wildman–Crippen LogP) is 3.45. The number of piperazine rings is 1. The number of hydrogen-bond acceptors (Lipinski definition) is 4. The van der Waals surface area contributed by atoms with Gasteiger partial charge in [0.25, 0.3) is 5.69 Å². The van der Waals surface area contributed by atoms with E-state index in [-0.39, 0.29) is 17.8 Å². The number of carbonyl (C=O) groups is 1. The summed E-state index contributed by atoms with van der Waals surface area (Å²) in [6.07, 6.45) is 1.84. The highest BCUT2D eigenvalue weighted by atomic mass is 16.6. The number of rotatable bonds is 6. The molecule has 7 heteroatoms. The van der Waals surface area contributed by atoms with Gasteiger partial charge in [-0.2, -0.15) is 0 Å². The normalized spacial score (nSPS) is 15.2. The molecule has 0 bridgehead atoms. The minimum atomic E-state index is -0.398. The van der Waals surface area contributed by atoms with E-state index in [0.717, 1.165) is 18.5 Å². The van der Waals surface area contributed by atoms with Crippen LogP contribution in [0.5, 0.6) is 0 Å². The maximum Gasteiger partial charge on any atom is 0.317 e. The number of hydrogen-bond donors (Lipinski definition) is 1. The monoisotopic (exact) mass is 382 g/mol. The van der Waals surface area contributed by atoms with Crippen molar-refractivity contribution < 1.29 is 9.72 Å². The number of urea groups is 1. The molecule has 1 aliphatic rings. The van der Waals surface area contributed by atoms with Crippen LogP contribution in [-0.4, -0.2) is 48.1 Å². The summed E-state index contributed by atoms with van der Waals surface area (Å²) in [7, 11) is 0. The largest absolute Gasteiger partial charge is 0.368 e. The van der Waals surface area contributed by atoms with Gasteiger partial charge in [-0.15, -0.1) is 0 Å². The topological polar surface area (TPSA) is 78.7 Å². The zero-order chi connectivity index (χ0) is 19.9. The van der Waals surface area contributed by atoms with Gasteiger partial charge >= 0.3 is 6.03 Å². The zero-order valence-electron chi connectivity index (χ0n) is 16.1. The number of nitrogens with one attached hydrogen (secondary N) is 1. The second-order valence-corrected chi connectivity index (χ2v) is 7.12. The van der Waals surface area contributed by atoms with Crippen LogP contribution in [0.1, 0.15) is 18.9 Å². The highest BCUT2D eigenvalue weighted by Gasteiger charge is 2.22. The van der Waals surface area contributed by atoms with Crippen LogP contribution in [0, 0.1) is 10.1 Å². The lowest BCUT2D eigenvalue weighted by molar-refractivity contribution is -0.384. The fourth-order valence-electron chi connectivity index (χ4n) is 3.35. The van der Waals surface area contributed by atoms with Crippen molar-refractivity contribution in [2.45, 2.75) is 25.8 Å². The highest BCUT2D eigenvalue weighted by Crippen LogP contribution is 2.20. The Kier molecular flexibility index (Phi) is 6.47. The third-order valence-corrected chi connectivity index (χ3v) is 5.07. The van der Waals surface area contributed by atoms with E-state index in [1.807, 2.05) is 30.0 Å². The maximum atomic E-state index is 12.5. The number of benzene rings is 2. The summed E-state index contributed by atoms with van der Waals surface area (Å²) in [4.78, 5) is 26.8. The van der Waals surface area contributed by atoms with Gasteiger partial charge in [-0.25, -0.2) is 4.79 Å². The van der Waals surface area contributed by atoms with Crippen molar-refractivity contribution in [1.82, 2.24) is 10.2 Å². The molecular formula is C21H26N4O3. The number of aryl methyl sites for hydroxylation is 1. The van der Waals surface area contributed by atoms with Crippen molar-refractivity contribution in [1.29, 1.82) is 0 Å². The summed E-state index contributed by atoms with van der Waals surface area (Å²) in [5.74, 6) is 0. The standard InChI is InChI=1S/C21H26N4O3/c1-17(7-8-18-5-3-2-4-6-18)22-21(26)24-15-13-23(14-16-24)19-9-11-20(12-10-19)25(27)28/h2-6,9-12,17H,7-8,13-16H2,1H3,(H,22,26). The van der Waals surface area contributed by atoms with Gasteiger partial charge in [0.05, 0.1) is 4.92 Å². The Morgan fingerprint density at radius 1 is 1.07 bits per heavy atom. The smallest absolute Gasteiger partial charge is 0.317 e. The van der Waals surface area contributed by atoms with E-state index in [0.29, 0.717) is 26.2 Å². The van der Waals surface area contributed by atoms with Crippen LogP contribution >= 0.6 is 0 Å². The van der Waals surface area contributed by atoms with E-state index in [1.54, 1.807) is 12.1 Å². The molecule has 2 amide bonds. The fourth-order valence-corrected chi connectivity index (χ4v) is 3.35. The first-order chi connectivity index (χ1) is 13.5. The van der Waals surface area contributed by atoms with Crippen molar-refractivity contribution in [2.75, 3.05) is 31.1 Å². The predicted molar refractivity (Wildman–Crippen MR) is 110 cm³/mol. The molecular weight excluding hydrogens is 356 g/mol. The number of nitrogens with zero attached hydrogens (tertiary/aromatic N) is 3. The van der Waals surface area contributed by atoms with E-state index in [9.17, 15) is 14.9 Å². The second-order valence-electron chi connectivity index (χ2n) is 7.12. The van der Waals surface area contributed by atoms with Gasteiger partial charge in [-0.05, 0) is 37.5 Å². The van der Waals surface area contributed by atoms with E-state index in [4.69, 9.17) is 0 Å². The molecule has 148 valence electrons. The van der Waals surface area contributed by atoms with E-state index in [1.165, 1.54) is 17.7 Å². The molecule has 0 spiro atoms. The lowest BCUT2D eigenvalue weighted by Crippen LogP contribution is -2.53. The van der Waals surface area contributed by atoms with Crippen molar-refractivity contribution >= 4 is 17.4 Å². The molecule has 7 nitrogen and oxygen atoms in total. The van der Waals surface area contributed by atoms with Gasteiger partial charge in [-0.3, -0.25) is 10.1 Å². The third-order valence-electron chi connectivity index (χ3n) is 5.07. The van der Waals surface area contributed by atoms with Gasteiger partial charge in [-0.1, -0.05) is 30.3 Å². The molecule has 1 heterocycles. The van der Waals surface area contributed by atoms with Crippen LogP contribution in [0.3, 0.4) is 0 Å². The molecule has 1 saturated heterocycles. The molecule has 1 unspecified atom stereocenters. The number of non-ortho nitro benzene ring substituents is 1. The van der Waals surface area contributed by atoms with Gasteiger partial charge < -0.3 is 15.1 Å². The minimum absolute atomic E-state index is 0.0242. The van der Waals surface area contributed by atoms with E-state index < -0.39 is 4.92 Å². The Balaban J connectivity index is 1.43. The zero-order valence-corrected chi connectivity index (χ0v) is 16.1. The van der Waals surface area contributed by atoms with Crippen LogP contribution < -0.4 is 10.2 Å². The highest BCUT2D eigenvalue weighted by molar-refractivity contribution is 5.75. The Hall–Kier alpha value is -3.09. The second kappa shape index (κ2) is 9.21. The van der Waals surface area contributed by atoms with E-state index in [2.05, 4.69) is 22.3 Å². The van der Waals surface area contributed by atoms with Crippen molar-refractivity contribution in [2.24, 2.45) is 0 Å². The summed E-state index contributed by atoms with van der Waals surface area (Å²) >= 11 is 0. The first-order valence-corrected chi connectivity index (χ1v) is 9.61. The summed E-state index contributed by atoms with van der Waals surface area (Å²) in [5, 5.41) is 13.9. The number of nitro groups is 1. The third kappa shape index (κ3) is 5.22. The van der Waals surface area contributed by atoms with Crippen LogP contribution in [0.4, 0.5) is 16.2 Å². The van der Waals surface area contributed by atoms with Crippen LogP contribution in [0.15, 0.2) is 54.6 Å². The molecule has 0 radical (unpaired) electrons. The van der Waals surface area contributed by atoms with Crippen LogP contribution in [0.2, 0.25) is 0 Å². The number of nitro benzene ring substituents is 1. The van der Waals surface area contributed by atoms with Gasteiger partial charge in [0.1, 0.15) is 0 Å². The first kappa shape index (κ1) is 19.7. The SMILES string of the molecule is CC(CCc1ccccc1)NC(=O)N1CCN(c2ccc([N+](=O)[O-])cc2)CC1. The average Bonchev–Trinajstić information content (AvgIpc) is 2.73. The summed E-state index contributed by atoms with van der Waals surface area (Å²) in [5.41, 5.74) is 2.31. The molecule has 1 aliphatic heterocycles. The van der Waals surface area contributed by atoms with Gasteiger partial charge in [0, 0.05) is 50.0 Å². The first-order valence-electron chi connectivity index (χ1n) is 9.61. The fraction of sp³-hybridized carbons (Fsp3) is 0.381. The molecule has 3 rings (SSSR count). The molecule has 1 N–H and O–H groups in total. The lowest BCUT2D eigenvalue weighted by atomic mass is 10.1. The molecule has 0 aliphatic carbocycles. The molecule has 2 aromatic carbocycles. The Morgan fingerprint density at radius 3 is 2.32 bits per heavy atom. The van der Waals surface area contributed by atoms with Crippen LogP contribution in [0.25, 0.3) is 0 Å². The summed E-state index contributed by atoms with van der Waals surface area (Å²) in [6.45, 7) is 4.73. The van der Waals surface area contributed by atoms with Gasteiger partial charge in [0.2, 0.25) is 0 Å². The maximum absolute atomic E-state index is 12.5. The summed E-state index contributed by atoms with van der Waals surface area (Å²) in [6, 6.07) is 16.9. The average molecular weight is 382 g/mol. The molecule has 1 atom stereocenters. The number of anilines is 1. The molecule has 28 heavy (non-hydrogen) atoms. The Labute approximate surface area is 165 Å². The number of amides is 2. The molecule has 2 aromatic rings. The van der Waals surface area contributed by atoms with Crippen LogP contribution in [-0.2, 0) is 6.42 Å². The van der Waals surface area contributed by atoms with E-state index >= 15 is 0 Å². The molecule has 0 saturated carbocycles. The molecule has 1 fully saturated rings. The Morgan fingerprint density at radius 2 is 1.71 bits per heavy atom. The quantitative estimate of drug-likeness (QED) is 0.613. The van der Waals surface area contributed by atoms with Gasteiger partial charge in [0.15, 0.2) is 0 Å². The van der Waals surface area contributed by atoms with Crippen molar-refractivity contribution in [3.8, 4) is 0 Å². The van der Waals surface area contributed by atoms with Crippen molar-refractivity contribution in [3.63, 3.8) is 0 Å². The Bertz CT molecular complexity index is 787. The summed E-state index contributed by atoms with van der Waals surface area (Å²) < 4.78 is 0. The number of carbonyl (C=O) groups excluding carboxylic acids is 1. The molecule has 0 aromatic heterocycles. The minimum Gasteiger partial charge on any atom is -0.368 e. The van der Waals surface area contributed by atoms with Crippen molar-refractivity contribution in [3.05, 3.63) is 70.3 Å². The lowest BCUT2D eigenvalue weighted by Gasteiger charge is -2.36.